The molecule has 17 heavy (non-hydrogen) atoms. The van der Waals surface area contributed by atoms with Crippen LogP contribution in [-0.2, 0) is 7.05 Å². The molecule has 6 heteroatoms. The summed E-state index contributed by atoms with van der Waals surface area (Å²) in [5, 5.41) is 7.48. The topological polar surface area (TPSA) is 82.2 Å². The minimum atomic E-state index is -0.495. The summed E-state index contributed by atoms with van der Waals surface area (Å²) in [6.07, 6.45) is 2.27. The second kappa shape index (κ2) is 4.75. The molecule has 1 atom stereocenters. The van der Waals surface area contributed by atoms with Crippen molar-refractivity contribution in [3.05, 3.63) is 11.3 Å². The normalized spacial score (nSPS) is 19.5. The van der Waals surface area contributed by atoms with E-state index < -0.39 is 5.91 Å². The molecule has 1 fully saturated rings. The molecule has 94 valence electrons. The van der Waals surface area contributed by atoms with E-state index in [9.17, 15) is 4.79 Å². The molecule has 3 N–H and O–H groups in total. The molecule has 1 aliphatic rings. The maximum atomic E-state index is 11.3. The number of hydrogen-bond acceptors (Lipinski definition) is 4. The number of carbonyl (C=O) groups excluding carboxylic acids is 1. The van der Waals surface area contributed by atoms with Gasteiger partial charge in [0.25, 0.3) is 5.91 Å². The van der Waals surface area contributed by atoms with Gasteiger partial charge >= 0.3 is 0 Å². The van der Waals surface area contributed by atoms with Gasteiger partial charge in [-0.15, -0.1) is 0 Å². The van der Waals surface area contributed by atoms with Crippen LogP contribution in [0.15, 0.2) is 0 Å². The average Bonchev–Trinajstić information content (AvgIpc) is 2.83. The molecule has 1 amide bonds. The van der Waals surface area contributed by atoms with Crippen LogP contribution in [0.4, 0.5) is 0 Å². The molecule has 1 aromatic rings. The summed E-state index contributed by atoms with van der Waals surface area (Å²) >= 11 is 0. The van der Waals surface area contributed by atoms with Crippen molar-refractivity contribution in [2.45, 2.75) is 25.8 Å². The molecule has 0 aromatic carbocycles. The lowest BCUT2D eigenvalue weighted by molar-refractivity contribution is 0.0994. The van der Waals surface area contributed by atoms with E-state index >= 15 is 0 Å². The minimum absolute atomic E-state index is 0.353. The Hall–Kier alpha value is -1.56. The van der Waals surface area contributed by atoms with Gasteiger partial charge in [-0.05, 0) is 26.3 Å². The maximum absolute atomic E-state index is 11.3. The first-order chi connectivity index (χ1) is 8.09. The molecular weight excluding hydrogens is 220 g/mol. The monoisotopic (exact) mass is 238 g/mol. The third-order valence-corrected chi connectivity index (χ3v) is 3.00. The van der Waals surface area contributed by atoms with E-state index in [0.29, 0.717) is 29.8 Å². The first-order valence-corrected chi connectivity index (χ1v) is 5.79. The largest absolute Gasteiger partial charge is 0.476 e. The number of primary amides is 1. The lowest BCUT2D eigenvalue weighted by Gasteiger charge is -2.12. The van der Waals surface area contributed by atoms with E-state index in [1.54, 1.807) is 18.7 Å². The van der Waals surface area contributed by atoms with Crippen molar-refractivity contribution in [1.29, 1.82) is 0 Å². The number of nitrogens with two attached hydrogens (primary N) is 1. The molecule has 1 aliphatic heterocycles. The fraction of sp³-hybridized carbons (Fsp3) is 0.636. The number of hydrogen-bond donors (Lipinski definition) is 2. The van der Waals surface area contributed by atoms with Gasteiger partial charge in [0.1, 0.15) is 12.2 Å². The second-order valence-electron chi connectivity index (χ2n) is 4.36. The SMILES string of the molecule is Cc1nn(C)c(OCC2CCCN2)c1C(N)=O. The van der Waals surface area contributed by atoms with Crippen LogP contribution in [0.25, 0.3) is 0 Å². The first kappa shape index (κ1) is 11.9. The van der Waals surface area contributed by atoms with E-state index in [0.717, 1.165) is 13.0 Å². The van der Waals surface area contributed by atoms with Crippen molar-refractivity contribution in [2.24, 2.45) is 12.8 Å². The molecule has 0 aliphatic carbocycles. The van der Waals surface area contributed by atoms with E-state index in [4.69, 9.17) is 10.5 Å². The second-order valence-corrected chi connectivity index (χ2v) is 4.36. The third kappa shape index (κ3) is 2.41. The summed E-state index contributed by atoms with van der Waals surface area (Å²) < 4.78 is 7.23. The van der Waals surface area contributed by atoms with Crippen LogP contribution < -0.4 is 15.8 Å². The van der Waals surface area contributed by atoms with Crippen molar-refractivity contribution >= 4 is 5.91 Å². The molecule has 0 saturated carbocycles. The van der Waals surface area contributed by atoms with Crippen molar-refractivity contribution in [2.75, 3.05) is 13.2 Å². The van der Waals surface area contributed by atoms with Gasteiger partial charge in [-0.1, -0.05) is 0 Å². The highest BCUT2D eigenvalue weighted by atomic mass is 16.5. The van der Waals surface area contributed by atoms with Crippen LogP contribution in [0.1, 0.15) is 28.9 Å². The Bertz CT molecular complexity index is 421. The zero-order valence-corrected chi connectivity index (χ0v) is 10.2. The first-order valence-electron chi connectivity index (χ1n) is 5.79. The highest BCUT2D eigenvalue weighted by molar-refractivity contribution is 5.96. The molecule has 0 radical (unpaired) electrons. The summed E-state index contributed by atoms with van der Waals surface area (Å²) in [6, 6.07) is 0.353. The van der Waals surface area contributed by atoms with Crippen LogP contribution >= 0.6 is 0 Å². The number of ether oxygens (including phenoxy) is 1. The van der Waals surface area contributed by atoms with Crippen LogP contribution in [-0.4, -0.2) is 34.9 Å². The fourth-order valence-corrected chi connectivity index (χ4v) is 2.16. The summed E-state index contributed by atoms with van der Waals surface area (Å²) in [6.45, 7) is 3.32. The van der Waals surface area contributed by atoms with Gasteiger partial charge in [-0.25, -0.2) is 4.68 Å². The van der Waals surface area contributed by atoms with Gasteiger partial charge in [0.2, 0.25) is 5.88 Å². The Labute approximate surface area is 100 Å². The maximum Gasteiger partial charge on any atom is 0.256 e. The molecule has 0 bridgehead atoms. The molecule has 6 nitrogen and oxygen atoms in total. The number of aromatic nitrogens is 2. The number of nitrogens with zero attached hydrogens (tertiary/aromatic N) is 2. The minimum Gasteiger partial charge on any atom is -0.476 e. The van der Waals surface area contributed by atoms with Crippen LogP contribution in [0.2, 0.25) is 0 Å². The van der Waals surface area contributed by atoms with E-state index in [1.807, 2.05) is 0 Å². The molecular formula is C11H18N4O2. The molecule has 2 heterocycles. The van der Waals surface area contributed by atoms with Crippen molar-refractivity contribution in [1.82, 2.24) is 15.1 Å². The Balaban J connectivity index is 2.11. The fourth-order valence-electron chi connectivity index (χ4n) is 2.16. The lowest BCUT2D eigenvalue weighted by Crippen LogP contribution is -2.29. The quantitative estimate of drug-likeness (QED) is 0.771. The predicted octanol–water partition coefficient (Wildman–Crippen LogP) is -0.0418. The summed E-state index contributed by atoms with van der Waals surface area (Å²) in [5.41, 5.74) is 6.31. The zero-order chi connectivity index (χ0) is 12.4. The molecule has 2 rings (SSSR count). The van der Waals surface area contributed by atoms with Crippen LogP contribution in [0.3, 0.4) is 0 Å². The summed E-state index contributed by atoms with van der Waals surface area (Å²) in [7, 11) is 1.75. The number of amides is 1. The number of rotatable bonds is 4. The number of carbonyl (C=O) groups is 1. The third-order valence-electron chi connectivity index (χ3n) is 3.00. The number of aryl methyl sites for hydroxylation is 2. The highest BCUT2D eigenvalue weighted by Gasteiger charge is 2.21. The Morgan fingerprint density at radius 3 is 3.06 bits per heavy atom. The lowest BCUT2D eigenvalue weighted by atomic mass is 10.2. The standard InChI is InChI=1S/C11H18N4O2/c1-7-9(10(12)16)11(15(2)14-7)17-6-8-4-3-5-13-8/h8,13H,3-6H2,1-2H3,(H2,12,16). The summed E-state index contributed by atoms with van der Waals surface area (Å²) in [5.74, 6) is -0.0336. The van der Waals surface area contributed by atoms with E-state index in [-0.39, 0.29) is 0 Å². The van der Waals surface area contributed by atoms with Gasteiger partial charge in [0.05, 0.1) is 5.69 Å². The smallest absolute Gasteiger partial charge is 0.256 e. The Kier molecular flexibility index (Phi) is 3.33. The molecule has 1 aromatic heterocycles. The van der Waals surface area contributed by atoms with Gasteiger partial charge in [-0.3, -0.25) is 4.79 Å². The van der Waals surface area contributed by atoms with Crippen molar-refractivity contribution < 1.29 is 9.53 Å². The van der Waals surface area contributed by atoms with E-state index in [1.165, 1.54) is 6.42 Å². The van der Waals surface area contributed by atoms with Crippen LogP contribution in [0.5, 0.6) is 5.88 Å². The summed E-state index contributed by atoms with van der Waals surface area (Å²) in [4.78, 5) is 11.3. The number of nitrogens with one attached hydrogen (secondary N) is 1. The zero-order valence-electron chi connectivity index (χ0n) is 10.2. The average molecular weight is 238 g/mol. The van der Waals surface area contributed by atoms with Crippen LogP contribution in [0, 0.1) is 6.92 Å². The van der Waals surface area contributed by atoms with Gasteiger partial charge in [0, 0.05) is 13.1 Å². The molecule has 1 saturated heterocycles. The van der Waals surface area contributed by atoms with Gasteiger partial charge in [0.15, 0.2) is 0 Å². The van der Waals surface area contributed by atoms with Gasteiger partial charge in [-0.2, -0.15) is 5.10 Å². The Morgan fingerprint density at radius 2 is 2.47 bits per heavy atom. The van der Waals surface area contributed by atoms with E-state index in [2.05, 4.69) is 10.4 Å². The molecule has 1 unspecified atom stereocenters. The van der Waals surface area contributed by atoms with Gasteiger partial charge < -0.3 is 15.8 Å². The van der Waals surface area contributed by atoms with Crippen molar-refractivity contribution in [3.63, 3.8) is 0 Å². The molecule has 0 spiro atoms. The predicted molar refractivity (Wildman–Crippen MR) is 63.0 cm³/mol. The van der Waals surface area contributed by atoms with Crippen molar-refractivity contribution in [3.8, 4) is 5.88 Å². The Morgan fingerprint density at radius 1 is 1.71 bits per heavy atom. The highest BCUT2D eigenvalue weighted by Crippen LogP contribution is 2.21.